The van der Waals surface area contributed by atoms with Gasteiger partial charge in [0.15, 0.2) is 5.79 Å². The first-order valence-electron chi connectivity index (χ1n) is 7.19. The third kappa shape index (κ3) is 3.15. The number of methoxy groups -OCH3 is 2. The number of amides is 1. The first-order chi connectivity index (χ1) is 10.5. The summed E-state index contributed by atoms with van der Waals surface area (Å²) in [5.74, 6) is -1.08. The topological polar surface area (TPSA) is 59.0 Å². The number of carbonyl (C=O) groups is 1. The van der Waals surface area contributed by atoms with Crippen LogP contribution in [0, 0.1) is 6.92 Å². The molecule has 0 aromatic heterocycles. The van der Waals surface area contributed by atoms with Crippen molar-refractivity contribution < 1.29 is 19.4 Å². The zero-order valence-electron chi connectivity index (χ0n) is 13.5. The van der Waals surface area contributed by atoms with Crippen LogP contribution in [0.5, 0.6) is 0 Å². The molecule has 0 spiro atoms. The maximum Gasteiger partial charge on any atom is 0.254 e. The zero-order chi connectivity index (χ0) is 16.3. The minimum atomic E-state index is -1.02. The highest BCUT2D eigenvalue weighted by atomic mass is 32.2. The molecule has 1 saturated heterocycles. The molecule has 0 unspecified atom stereocenters. The van der Waals surface area contributed by atoms with Crippen molar-refractivity contribution in [2.24, 2.45) is 0 Å². The summed E-state index contributed by atoms with van der Waals surface area (Å²) in [6.45, 7) is 2.61. The highest BCUT2D eigenvalue weighted by molar-refractivity contribution is 7.98. The first-order valence-corrected chi connectivity index (χ1v) is 8.42. The minimum absolute atomic E-state index is 0.0618. The van der Waals surface area contributed by atoms with E-state index in [4.69, 9.17) is 9.47 Å². The summed E-state index contributed by atoms with van der Waals surface area (Å²) in [5.41, 5.74) is 1.62. The number of hydrogen-bond donors (Lipinski definition) is 1. The Bertz CT molecular complexity index is 545. The molecule has 0 radical (unpaired) electrons. The Hall–Kier alpha value is -1.08. The highest BCUT2D eigenvalue weighted by Crippen LogP contribution is 2.28. The monoisotopic (exact) mass is 325 g/mol. The molecule has 0 bridgehead atoms. The van der Waals surface area contributed by atoms with Gasteiger partial charge in [-0.3, -0.25) is 4.79 Å². The molecule has 1 amide bonds. The summed E-state index contributed by atoms with van der Waals surface area (Å²) < 4.78 is 10.6. The second-order valence-electron chi connectivity index (χ2n) is 5.42. The Morgan fingerprint density at radius 3 is 2.64 bits per heavy atom. The number of nitrogens with zero attached hydrogens (tertiary/aromatic N) is 1. The van der Waals surface area contributed by atoms with Crippen LogP contribution in [-0.4, -0.2) is 61.4 Å². The van der Waals surface area contributed by atoms with Crippen LogP contribution in [0.4, 0.5) is 0 Å². The Morgan fingerprint density at radius 2 is 2.09 bits per heavy atom. The molecule has 1 fully saturated rings. The van der Waals surface area contributed by atoms with Crippen LogP contribution in [0.25, 0.3) is 0 Å². The number of piperidine rings is 1. The zero-order valence-corrected chi connectivity index (χ0v) is 14.3. The standard InChI is InChI=1S/C16H23NO4S/c1-11-5-6-12(22-4)9-13(11)15(19)17-8-7-16(20-2,21-3)14(18)10-17/h5-6,9,14,18H,7-8,10H2,1-4H3/t14-/m0/s1. The van der Waals surface area contributed by atoms with Crippen LogP contribution in [0.1, 0.15) is 22.3 Å². The average molecular weight is 325 g/mol. The number of aliphatic hydroxyl groups is 1. The van der Waals surface area contributed by atoms with Crippen molar-refractivity contribution in [2.75, 3.05) is 33.6 Å². The van der Waals surface area contributed by atoms with E-state index in [-0.39, 0.29) is 12.5 Å². The van der Waals surface area contributed by atoms with E-state index in [1.165, 1.54) is 14.2 Å². The number of β-amino-alcohol motifs (C(OH)–C–C–N with tert-alkyl or cyclic N) is 1. The van der Waals surface area contributed by atoms with Gasteiger partial charge in [-0.15, -0.1) is 11.8 Å². The number of aliphatic hydroxyl groups excluding tert-OH is 1. The quantitative estimate of drug-likeness (QED) is 0.677. The first kappa shape index (κ1) is 17.3. The van der Waals surface area contributed by atoms with Gasteiger partial charge in [-0.25, -0.2) is 0 Å². The lowest BCUT2D eigenvalue weighted by atomic mass is 9.98. The van der Waals surface area contributed by atoms with Crippen molar-refractivity contribution in [2.45, 2.75) is 30.1 Å². The number of rotatable bonds is 4. The molecule has 0 saturated carbocycles. The van der Waals surface area contributed by atoms with Crippen molar-refractivity contribution in [1.82, 2.24) is 4.90 Å². The molecule has 5 nitrogen and oxygen atoms in total. The number of benzene rings is 1. The molecular formula is C16H23NO4S. The third-order valence-electron chi connectivity index (χ3n) is 4.28. The van der Waals surface area contributed by atoms with Crippen LogP contribution < -0.4 is 0 Å². The summed E-state index contributed by atoms with van der Waals surface area (Å²) in [4.78, 5) is 15.5. The van der Waals surface area contributed by atoms with E-state index in [0.29, 0.717) is 18.5 Å². The number of likely N-dealkylation sites (tertiary alicyclic amines) is 1. The lowest BCUT2D eigenvalue weighted by molar-refractivity contribution is -0.275. The fourth-order valence-corrected chi connectivity index (χ4v) is 3.21. The summed E-state index contributed by atoms with van der Waals surface area (Å²) in [6, 6.07) is 5.86. The lowest BCUT2D eigenvalue weighted by Gasteiger charge is -2.43. The number of carbonyl (C=O) groups excluding carboxylic acids is 1. The van der Waals surface area contributed by atoms with Crippen molar-refractivity contribution >= 4 is 17.7 Å². The van der Waals surface area contributed by atoms with Gasteiger partial charge in [0.05, 0.1) is 6.54 Å². The molecule has 122 valence electrons. The molecule has 0 aliphatic carbocycles. The largest absolute Gasteiger partial charge is 0.386 e. The summed E-state index contributed by atoms with van der Waals surface area (Å²) in [5, 5.41) is 10.3. The predicted molar refractivity (Wildman–Crippen MR) is 86.2 cm³/mol. The predicted octanol–water partition coefficient (Wildman–Crippen LogP) is 1.91. The van der Waals surface area contributed by atoms with E-state index in [0.717, 1.165) is 10.5 Å². The molecule has 1 aliphatic rings. The van der Waals surface area contributed by atoms with Crippen LogP contribution in [0.15, 0.2) is 23.1 Å². The third-order valence-corrected chi connectivity index (χ3v) is 5.01. The van der Waals surface area contributed by atoms with Crippen molar-refractivity contribution in [3.8, 4) is 0 Å². The summed E-state index contributed by atoms with van der Waals surface area (Å²) >= 11 is 1.60. The normalized spacial score (nSPS) is 21.0. The maximum atomic E-state index is 12.7. The lowest BCUT2D eigenvalue weighted by Crippen LogP contribution is -2.58. The van der Waals surface area contributed by atoms with E-state index >= 15 is 0 Å². The van der Waals surface area contributed by atoms with E-state index in [9.17, 15) is 9.90 Å². The van der Waals surface area contributed by atoms with E-state index in [1.54, 1.807) is 16.7 Å². The summed E-state index contributed by atoms with van der Waals surface area (Å²) in [6.07, 6.45) is 1.55. The number of hydrogen-bond acceptors (Lipinski definition) is 5. The SMILES string of the molecule is COC1(OC)CCN(C(=O)c2cc(SC)ccc2C)C[C@@H]1O. The van der Waals surface area contributed by atoms with Gasteiger partial charge in [-0.2, -0.15) is 0 Å². The maximum absolute atomic E-state index is 12.7. The van der Waals surface area contributed by atoms with Crippen LogP contribution in [0.2, 0.25) is 0 Å². The van der Waals surface area contributed by atoms with Gasteiger partial charge < -0.3 is 19.5 Å². The molecule has 2 rings (SSSR count). The Labute approximate surface area is 135 Å². The summed E-state index contributed by atoms with van der Waals surface area (Å²) in [7, 11) is 3.02. The van der Waals surface area contributed by atoms with Gasteiger partial charge in [0.1, 0.15) is 6.10 Å². The van der Waals surface area contributed by atoms with Gasteiger partial charge in [0.2, 0.25) is 0 Å². The van der Waals surface area contributed by atoms with E-state index < -0.39 is 11.9 Å². The fraction of sp³-hybridized carbons (Fsp3) is 0.562. The molecular weight excluding hydrogens is 302 g/mol. The van der Waals surface area contributed by atoms with Gasteiger partial charge in [0, 0.05) is 37.6 Å². The smallest absolute Gasteiger partial charge is 0.254 e. The molecule has 1 N–H and O–H groups in total. The highest BCUT2D eigenvalue weighted by Gasteiger charge is 2.44. The van der Waals surface area contributed by atoms with Crippen molar-refractivity contribution in [3.63, 3.8) is 0 Å². The minimum Gasteiger partial charge on any atom is -0.386 e. The van der Waals surface area contributed by atoms with Gasteiger partial charge in [-0.05, 0) is 30.9 Å². The van der Waals surface area contributed by atoms with Gasteiger partial charge >= 0.3 is 0 Å². The Kier molecular flexibility index (Phi) is 5.50. The Morgan fingerprint density at radius 1 is 1.41 bits per heavy atom. The molecule has 1 aliphatic heterocycles. The number of ether oxygens (including phenoxy) is 2. The van der Waals surface area contributed by atoms with Gasteiger partial charge in [-0.1, -0.05) is 6.07 Å². The molecule has 22 heavy (non-hydrogen) atoms. The molecule has 1 aromatic rings. The van der Waals surface area contributed by atoms with E-state index in [2.05, 4.69) is 0 Å². The van der Waals surface area contributed by atoms with Crippen LogP contribution in [0.3, 0.4) is 0 Å². The van der Waals surface area contributed by atoms with E-state index in [1.807, 2.05) is 31.4 Å². The average Bonchev–Trinajstić information content (AvgIpc) is 2.55. The molecule has 1 aromatic carbocycles. The molecule has 1 heterocycles. The van der Waals surface area contributed by atoms with Crippen molar-refractivity contribution in [3.05, 3.63) is 29.3 Å². The molecule has 1 atom stereocenters. The number of thioether (sulfide) groups is 1. The second kappa shape index (κ2) is 7.00. The Balaban J connectivity index is 2.19. The van der Waals surface area contributed by atoms with Crippen LogP contribution >= 0.6 is 11.8 Å². The van der Waals surface area contributed by atoms with Crippen molar-refractivity contribution in [1.29, 1.82) is 0 Å². The van der Waals surface area contributed by atoms with Crippen LogP contribution in [-0.2, 0) is 9.47 Å². The van der Waals surface area contributed by atoms with Gasteiger partial charge in [0.25, 0.3) is 5.91 Å². The molecule has 6 heteroatoms. The fourth-order valence-electron chi connectivity index (χ4n) is 2.77. The number of aryl methyl sites for hydroxylation is 1. The second-order valence-corrected chi connectivity index (χ2v) is 6.30.